The number of nitrogens with one attached hydrogen (secondary N) is 1. The summed E-state index contributed by atoms with van der Waals surface area (Å²) in [5, 5.41) is 13.9. The van der Waals surface area contributed by atoms with Gasteiger partial charge in [0.2, 0.25) is 0 Å². The van der Waals surface area contributed by atoms with Crippen molar-refractivity contribution in [3.05, 3.63) is 123 Å². The van der Waals surface area contributed by atoms with Gasteiger partial charge in [-0.15, -0.1) is 5.10 Å². The summed E-state index contributed by atoms with van der Waals surface area (Å²) in [6.07, 6.45) is 0. The van der Waals surface area contributed by atoms with Crippen molar-refractivity contribution in [1.29, 1.82) is 0 Å². The Hall–Kier alpha value is -4.10. The topological polar surface area (TPSA) is 79.7 Å². The molecule has 0 saturated carbocycles. The molecule has 1 atom stereocenters. The number of aromatic amines is 1. The van der Waals surface area contributed by atoms with Crippen LogP contribution in [0.25, 0.3) is 10.9 Å². The average Bonchev–Trinajstić information content (AvgIpc) is 3.33. The van der Waals surface area contributed by atoms with Crippen molar-refractivity contribution in [2.45, 2.75) is 46.4 Å². The summed E-state index contributed by atoms with van der Waals surface area (Å²) in [5.41, 5.74) is 4.93. The molecule has 0 aliphatic rings. The molecule has 5 rings (SSSR count). The summed E-state index contributed by atoms with van der Waals surface area (Å²) in [6.45, 7) is 8.10. The highest BCUT2D eigenvalue weighted by atomic mass is 16.1. The van der Waals surface area contributed by atoms with Crippen molar-refractivity contribution in [2.24, 2.45) is 5.92 Å². The maximum atomic E-state index is 13.2. The average molecular weight is 493 g/mol. The molecular formula is C30H32N6O. The minimum atomic E-state index is -0.105. The third-order valence-electron chi connectivity index (χ3n) is 6.70. The lowest BCUT2D eigenvalue weighted by atomic mass is 9.99. The molecule has 0 bridgehead atoms. The summed E-state index contributed by atoms with van der Waals surface area (Å²) >= 11 is 0. The van der Waals surface area contributed by atoms with E-state index in [1.807, 2.05) is 60.1 Å². The largest absolute Gasteiger partial charge is 0.322 e. The number of nitrogens with zero attached hydrogens (tertiary/aromatic N) is 5. The van der Waals surface area contributed by atoms with Crippen molar-refractivity contribution in [3.63, 3.8) is 0 Å². The summed E-state index contributed by atoms with van der Waals surface area (Å²) in [7, 11) is 0. The van der Waals surface area contributed by atoms with Gasteiger partial charge < -0.3 is 4.98 Å². The van der Waals surface area contributed by atoms with Crippen LogP contribution in [-0.4, -0.2) is 30.1 Å². The normalized spacial score (nSPS) is 12.5. The number of benzene rings is 3. The van der Waals surface area contributed by atoms with E-state index in [-0.39, 0.29) is 17.5 Å². The van der Waals surface area contributed by atoms with Crippen molar-refractivity contribution in [1.82, 2.24) is 30.1 Å². The molecule has 188 valence electrons. The van der Waals surface area contributed by atoms with E-state index in [1.54, 1.807) is 0 Å². The van der Waals surface area contributed by atoms with Gasteiger partial charge >= 0.3 is 0 Å². The number of pyridine rings is 1. The summed E-state index contributed by atoms with van der Waals surface area (Å²) in [6, 6.07) is 28.6. The van der Waals surface area contributed by atoms with E-state index >= 15 is 0 Å². The van der Waals surface area contributed by atoms with Crippen LogP contribution in [0, 0.1) is 12.8 Å². The number of fused-ring (bicyclic) bond motifs is 1. The molecule has 1 N–H and O–H groups in total. The van der Waals surface area contributed by atoms with Crippen LogP contribution in [0.2, 0.25) is 0 Å². The first-order chi connectivity index (χ1) is 18.0. The van der Waals surface area contributed by atoms with Gasteiger partial charge in [-0.25, -0.2) is 4.68 Å². The SMILES string of the molecule is Cc1ccc2cc(CN(Cc3ccccc3)[C@H](c3nnnn3Cc3ccccc3)C(C)C)c(=O)[nH]c2c1. The number of H-pyrrole nitrogens is 1. The minimum Gasteiger partial charge on any atom is -0.322 e. The second-order valence-electron chi connectivity index (χ2n) is 9.97. The molecule has 0 radical (unpaired) electrons. The summed E-state index contributed by atoms with van der Waals surface area (Å²) < 4.78 is 1.88. The van der Waals surface area contributed by atoms with Crippen LogP contribution in [0.3, 0.4) is 0 Å². The molecule has 0 saturated heterocycles. The number of aryl methyl sites for hydroxylation is 1. The first kappa shape index (κ1) is 24.6. The van der Waals surface area contributed by atoms with E-state index in [1.165, 1.54) is 5.56 Å². The van der Waals surface area contributed by atoms with Crippen LogP contribution >= 0.6 is 0 Å². The molecule has 2 aromatic heterocycles. The van der Waals surface area contributed by atoms with E-state index in [0.717, 1.165) is 33.4 Å². The molecule has 2 heterocycles. The van der Waals surface area contributed by atoms with Crippen LogP contribution in [0.4, 0.5) is 0 Å². The number of hydrogen-bond acceptors (Lipinski definition) is 5. The Morgan fingerprint density at radius 1 is 0.892 bits per heavy atom. The zero-order valence-electron chi connectivity index (χ0n) is 21.5. The summed E-state index contributed by atoms with van der Waals surface area (Å²) in [5.74, 6) is 0.994. The van der Waals surface area contributed by atoms with Gasteiger partial charge in [0, 0.05) is 24.2 Å². The number of tetrazole rings is 1. The predicted molar refractivity (Wildman–Crippen MR) is 146 cm³/mol. The van der Waals surface area contributed by atoms with Gasteiger partial charge in [-0.2, -0.15) is 0 Å². The van der Waals surface area contributed by atoms with Gasteiger partial charge in [-0.05, 0) is 57.5 Å². The van der Waals surface area contributed by atoms with Crippen molar-refractivity contribution in [3.8, 4) is 0 Å². The van der Waals surface area contributed by atoms with Gasteiger partial charge in [0.25, 0.3) is 5.56 Å². The number of rotatable bonds is 9. The highest BCUT2D eigenvalue weighted by molar-refractivity contribution is 5.79. The lowest BCUT2D eigenvalue weighted by molar-refractivity contribution is 0.126. The van der Waals surface area contributed by atoms with Crippen LogP contribution in [0.5, 0.6) is 0 Å². The summed E-state index contributed by atoms with van der Waals surface area (Å²) in [4.78, 5) is 18.6. The van der Waals surface area contributed by atoms with E-state index in [9.17, 15) is 4.79 Å². The van der Waals surface area contributed by atoms with Gasteiger partial charge in [0.15, 0.2) is 5.82 Å². The smallest absolute Gasteiger partial charge is 0.252 e. The molecule has 0 unspecified atom stereocenters. The van der Waals surface area contributed by atoms with Crippen LogP contribution in [0.1, 0.15) is 48.0 Å². The first-order valence-corrected chi connectivity index (χ1v) is 12.7. The zero-order valence-corrected chi connectivity index (χ0v) is 21.5. The van der Waals surface area contributed by atoms with Crippen LogP contribution < -0.4 is 5.56 Å². The standard InChI is InChI=1S/C30H32N6O/c1-21(2)28(29-32-33-34-36(29)19-24-12-8-5-9-13-24)35(18-23-10-6-4-7-11-23)20-26-17-25-15-14-22(3)16-27(25)31-30(26)37/h4-17,21,28H,18-20H2,1-3H3,(H,31,37)/t28-/m0/s1. The van der Waals surface area contributed by atoms with Gasteiger partial charge in [0.1, 0.15) is 0 Å². The van der Waals surface area contributed by atoms with Gasteiger partial charge in [-0.1, -0.05) is 86.6 Å². The number of hydrogen-bond donors (Lipinski definition) is 1. The molecule has 0 fully saturated rings. The second kappa shape index (κ2) is 10.9. The second-order valence-corrected chi connectivity index (χ2v) is 9.97. The molecule has 3 aromatic carbocycles. The van der Waals surface area contributed by atoms with E-state index in [2.05, 4.69) is 75.7 Å². The fourth-order valence-electron chi connectivity index (χ4n) is 4.94. The quantitative estimate of drug-likeness (QED) is 0.303. The highest BCUT2D eigenvalue weighted by Gasteiger charge is 2.30. The Kier molecular flexibility index (Phi) is 7.23. The monoisotopic (exact) mass is 492 g/mol. The molecule has 0 aliphatic carbocycles. The molecule has 0 amide bonds. The Morgan fingerprint density at radius 2 is 1.59 bits per heavy atom. The fourth-order valence-corrected chi connectivity index (χ4v) is 4.94. The zero-order chi connectivity index (χ0) is 25.8. The Bertz CT molecular complexity index is 1520. The van der Waals surface area contributed by atoms with E-state index < -0.39 is 0 Å². The third-order valence-corrected chi connectivity index (χ3v) is 6.70. The predicted octanol–water partition coefficient (Wildman–Crippen LogP) is 5.27. The number of aromatic nitrogens is 5. The van der Waals surface area contributed by atoms with E-state index in [4.69, 9.17) is 0 Å². The van der Waals surface area contributed by atoms with Crippen LogP contribution in [0.15, 0.2) is 89.7 Å². The molecule has 0 spiro atoms. The minimum absolute atomic E-state index is 0.0671. The molecule has 7 nitrogen and oxygen atoms in total. The molecule has 0 aliphatic heterocycles. The Labute approximate surface area is 216 Å². The lowest BCUT2D eigenvalue weighted by Crippen LogP contribution is -2.35. The molecular weight excluding hydrogens is 460 g/mol. The van der Waals surface area contributed by atoms with E-state index in [0.29, 0.717) is 19.6 Å². The third kappa shape index (κ3) is 5.67. The molecule has 37 heavy (non-hydrogen) atoms. The lowest BCUT2D eigenvalue weighted by Gasteiger charge is -2.33. The highest BCUT2D eigenvalue weighted by Crippen LogP contribution is 2.30. The van der Waals surface area contributed by atoms with Gasteiger partial charge in [-0.3, -0.25) is 9.69 Å². The Morgan fingerprint density at radius 3 is 2.30 bits per heavy atom. The van der Waals surface area contributed by atoms with Crippen molar-refractivity contribution < 1.29 is 0 Å². The van der Waals surface area contributed by atoms with Crippen molar-refractivity contribution >= 4 is 10.9 Å². The maximum Gasteiger partial charge on any atom is 0.252 e. The molecule has 7 heteroatoms. The molecule has 5 aromatic rings. The van der Waals surface area contributed by atoms with Crippen molar-refractivity contribution in [2.75, 3.05) is 0 Å². The Balaban J connectivity index is 1.54. The fraction of sp³-hybridized carbons (Fsp3) is 0.267. The first-order valence-electron chi connectivity index (χ1n) is 12.7. The maximum absolute atomic E-state index is 13.2. The van der Waals surface area contributed by atoms with Gasteiger partial charge in [0.05, 0.1) is 12.6 Å². The van der Waals surface area contributed by atoms with Crippen LogP contribution in [-0.2, 0) is 19.6 Å².